The van der Waals surface area contributed by atoms with E-state index in [1.165, 1.54) is 28.2 Å². The average molecular weight is 643 g/mol. The molecule has 0 bridgehead atoms. The van der Waals surface area contributed by atoms with E-state index in [9.17, 15) is 19.5 Å². The van der Waals surface area contributed by atoms with Crippen LogP contribution >= 0.6 is 23.2 Å². The van der Waals surface area contributed by atoms with E-state index in [0.29, 0.717) is 60.7 Å². The number of benzene rings is 2. The van der Waals surface area contributed by atoms with Gasteiger partial charge in [-0.2, -0.15) is 0 Å². The van der Waals surface area contributed by atoms with Crippen molar-refractivity contribution in [1.82, 2.24) is 19.4 Å². The van der Waals surface area contributed by atoms with Crippen LogP contribution in [0.15, 0.2) is 77.1 Å². The summed E-state index contributed by atoms with van der Waals surface area (Å²) in [6, 6.07) is 15.0. The van der Waals surface area contributed by atoms with Crippen LogP contribution in [0.5, 0.6) is 0 Å². The number of hydrazine groups is 1. The number of hydrogen-bond acceptors (Lipinski definition) is 9. The lowest BCUT2D eigenvalue weighted by Gasteiger charge is -2.39. The van der Waals surface area contributed by atoms with Crippen LogP contribution in [0.3, 0.4) is 0 Å². The summed E-state index contributed by atoms with van der Waals surface area (Å²) in [6.45, 7) is 0.935. The summed E-state index contributed by atoms with van der Waals surface area (Å²) in [5.74, 6) is 5.94. The molecule has 2 unspecified atom stereocenters. The Kier molecular flexibility index (Phi) is 11.5. The highest BCUT2D eigenvalue weighted by Gasteiger charge is 2.32. The van der Waals surface area contributed by atoms with Gasteiger partial charge in [0.05, 0.1) is 23.9 Å². The van der Waals surface area contributed by atoms with Crippen LogP contribution in [0.25, 0.3) is 11.3 Å². The van der Waals surface area contributed by atoms with Gasteiger partial charge in [-0.05, 0) is 50.1 Å². The molecular weight excluding hydrogens is 605 g/mol. The van der Waals surface area contributed by atoms with E-state index < -0.39 is 17.8 Å². The smallest absolute Gasteiger partial charge is 0.254 e. The van der Waals surface area contributed by atoms with Crippen molar-refractivity contribution in [2.75, 3.05) is 25.1 Å². The van der Waals surface area contributed by atoms with Gasteiger partial charge in [-0.3, -0.25) is 24.1 Å². The van der Waals surface area contributed by atoms with Gasteiger partial charge in [-0.1, -0.05) is 53.5 Å². The van der Waals surface area contributed by atoms with Crippen LogP contribution in [0, 0.1) is 0 Å². The molecule has 11 nitrogen and oxygen atoms in total. The van der Waals surface area contributed by atoms with Crippen LogP contribution in [0.2, 0.25) is 5.02 Å². The molecule has 1 aliphatic rings. The highest BCUT2D eigenvalue weighted by molar-refractivity contribution is 6.31. The van der Waals surface area contributed by atoms with Crippen LogP contribution < -0.4 is 22.1 Å². The maximum absolute atomic E-state index is 14.0. The third-order valence-corrected chi connectivity index (χ3v) is 8.20. The van der Waals surface area contributed by atoms with Crippen LogP contribution in [-0.2, 0) is 16.0 Å². The predicted molar refractivity (Wildman–Crippen MR) is 172 cm³/mol. The summed E-state index contributed by atoms with van der Waals surface area (Å²) in [5.41, 5.74) is 7.31. The standard InChI is InChI=1S/C31H37Cl2N7O4/c1-37(29(42)8-5-15-41)23-11-13-38(14-12-23)31(44)27(16-21-6-3-2-4-7-21)39-20-36-25(18-30(39)43)24-17-22(32)9-10-26(24)40(35)19-28(33)34/h2-4,6-7,9-10,15,17-20,23,27,29,42H,5,8,11-14,16,34-35H2,1H3/b28-19-. The largest absolute Gasteiger partial charge is 0.388 e. The molecule has 2 aromatic carbocycles. The van der Waals surface area contributed by atoms with Crippen molar-refractivity contribution in [3.05, 3.63) is 93.2 Å². The molecule has 234 valence electrons. The molecule has 0 spiro atoms. The molecule has 1 aromatic heterocycles. The highest BCUT2D eigenvalue weighted by Crippen LogP contribution is 2.31. The topological polar surface area (TPSA) is 151 Å². The zero-order valence-corrected chi connectivity index (χ0v) is 25.9. The van der Waals surface area contributed by atoms with Gasteiger partial charge in [-0.15, -0.1) is 0 Å². The zero-order valence-electron chi connectivity index (χ0n) is 24.4. The lowest BCUT2D eigenvalue weighted by atomic mass is 9.99. The van der Waals surface area contributed by atoms with Gasteiger partial charge in [0.25, 0.3) is 5.56 Å². The van der Waals surface area contributed by atoms with Crippen molar-refractivity contribution < 1.29 is 14.7 Å². The van der Waals surface area contributed by atoms with Gasteiger partial charge in [0.2, 0.25) is 5.91 Å². The third kappa shape index (κ3) is 8.25. The molecule has 1 fully saturated rings. The van der Waals surface area contributed by atoms with Crippen molar-refractivity contribution >= 4 is 41.1 Å². The minimum Gasteiger partial charge on any atom is -0.388 e. The van der Waals surface area contributed by atoms with Crippen LogP contribution in [-0.4, -0.2) is 69.1 Å². The Balaban J connectivity index is 1.61. The quantitative estimate of drug-likeness (QED) is 0.0890. The summed E-state index contributed by atoms with van der Waals surface area (Å²) in [4.78, 5) is 46.6. The van der Waals surface area contributed by atoms with Crippen molar-refractivity contribution in [2.45, 2.75) is 50.4 Å². The molecule has 2 heterocycles. The Morgan fingerprint density at radius 1 is 1.18 bits per heavy atom. The Bertz CT molecular complexity index is 1520. The number of nitrogens with zero attached hydrogens (tertiary/aromatic N) is 5. The number of carbonyl (C=O) groups is 2. The summed E-state index contributed by atoms with van der Waals surface area (Å²) in [6.07, 6.45) is 5.01. The lowest BCUT2D eigenvalue weighted by Crippen LogP contribution is -2.50. The fourth-order valence-electron chi connectivity index (χ4n) is 5.44. The predicted octanol–water partition coefficient (Wildman–Crippen LogP) is 3.24. The SMILES string of the molecule is CN(C(O)CCC=O)C1CCN(C(=O)C(Cc2ccccc2)n2cnc(-c3cc(Cl)ccc3N(N)/C=C(\N)Cl)cc2=O)CC1. The first kappa shape index (κ1) is 33.2. The number of amides is 1. The number of likely N-dealkylation sites (tertiary alicyclic amines) is 1. The number of hydrogen-bond donors (Lipinski definition) is 3. The van der Waals surface area contributed by atoms with Crippen molar-refractivity contribution in [3.63, 3.8) is 0 Å². The van der Waals surface area contributed by atoms with E-state index in [1.54, 1.807) is 23.1 Å². The summed E-state index contributed by atoms with van der Waals surface area (Å²) >= 11 is 12.1. The van der Waals surface area contributed by atoms with Gasteiger partial charge in [-0.25, -0.2) is 10.8 Å². The molecule has 2 atom stereocenters. The van der Waals surface area contributed by atoms with Crippen molar-refractivity contribution in [3.8, 4) is 11.3 Å². The molecule has 44 heavy (non-hydrogen) atoms. The first-order chi connectivity index (χ1) is 21.1. The van der Waals surface area contributed by atoms with Gasteiger partial charge >= 0.3 is 0 Å². The fourth-order valence-corrected chi connectivity index (χ4v) is 5.72. The maximum atomic E-state index is 14.0. The number of aliphatic hydroxyl groups is 1. The molecule has 5 N–H and O–H groups in total. The van der Waals surface area contributed by atoms with Crippen LogP contribution in [0.1, 0.15) is 37.3 Å². The second kappa shape index (κ2) is 15.3. The molecular formula is C31H37Cl2N7O4. The van der Waals surface area contributed by atoms with E-state index in [2.05, 4.69) is 4.98 Å². The fraction of sp³-hybridized carbons (Fsp3) is 0.355. The van der Waals surface area contributed by atoms with E-state index in [0.717, 1.165) is 11.8 Å². The van der Waals surface area contributed by atoms with E-state index in [4.69, 9.17) is 34.8 Å². The van der Waals surface area contributed by atoms with Gasteiger partial charge in [0.15, 0.2) is 0 Å². The molecule has 13 heteroatoms. The molecule has 4 rings (SSSR count). The molecule has 1 amide bonds. The van der Waals surface area contributed by atoms with Crippen molar-refractivity contribution in [2.24, 2.45) is 11.6 Å². The minimum atomic E-state index is -0.831. The monoisotopic (exact) mass is 641 g/mol. The molecule has 1 saturated heterocycles. The first-order valence-electron chi connectivity index (χ1n) is 14.3. The Labute approximate surface area is 266 Å². The number of carbonyl (C=O) groups excluding carboxylic acids is 2. The lowest BCUT2D eigenvalue weighted by molar-refractivity contribution is -0.137. The van der Waals surface area contributed by atoms with E-state index in [1.807, 2.05) is 42.3 Å². The van der Waals surface area contributed by atoms with Gasteiger partial charge < -0.3 is 20.5 Å². The second-order valence-corrected chi connectivity index (χ2v) is 11.6. The number of aliphatic hydroxyl groups excluding tert-OH is 1. The zero-order chi connectivity index (χ0) is 31.8. The summed E-state index contributed by atoms with van der Waals surface area (Å²) in [7, 11) is 1.83. The van der Waals surface area contributed by atoms with E-state index in [-0.39, 0.29) is 23.5 Å². The van der Waals surface area contributed by atoms with E-state index >= 15 is 0 Å². The van der Waals surface area contributed by atoms with Gasteiger partial charge in [0, 0.05) is 48.6 Å². The van der Waals surface area contributed by atoms with Crippen LogP contribution in [0.4, 0.5) is 5.69 Å². The molecule has 1 aliphatic heterocycles. The van der Waals surface area contributed by atoms with Gasteiger partial charge in [0.1, 0.15) is 23.7 Å². The summed E-state index contributed by atoms with van der Waals surface area (Å²) < 4.78 is 1.36. The number of aldehydes is 1. The Hall–Kier alpha value is -3.74. The number of rotatable bonds is 12. The Morgan fingerprint density at radius 3 is 2.52 bits per heavy atom. The number of anilines is 1. The number of nitrogens with two attached hydrogens (primary N) is 2. The number of halogens is 2. The summed E-state index contributed by atoms with van der Waals surface area (Å²) in [5, 5.41) is 12.0. The number of aromatic nitrogens is 2. The third-order valence-electron chi connectivity index (χ3n) is 7.87. The second-order valence-electron chi connectivity index (χ2n) is 10.8. The normalized spacial score (nSPS) is 15.7. The molecule has 0 radical (unpaired) electrons. The van der Waals surface area contributed by atoms with Crippen molar-refractivity contribution in [1.29, 1.82) is 0 Å². The molecule has 0 saturated carbocycles. The number of piperidine rings is 1. The minimum absolute atomic E-state index is 0.0382. The first-order valence-corrected chi connectivity index (χ1v) is 15.1. The average Bonchev–Trinajstić information content (AvgIpc) is 3.02. The maximum Gasteiger partial charge on any atom is 0.254 e. The molecule has 3 aromatic rings. The Morgan fingerprint density at radius 2 is 1.89 bits per heavy atom. The highest BCUT2D eigenvalue weighted by atomic mass is 35.5. The molecule has 0 aliphatic carbocycles.